The van der Waals surface area contributed by atoms with Crippen LogP contribution >= 0.6 is 0 Å². The van der Waals surface area contributed by atoms with Crippen LogP contribution in [0.15, 0.2) is 12.1 Å². The van der Waals surface area contributed by atoms with Crippen molar-refractivity contribution >= 4 is 12.0 Å². The van der Waals surface area contributed by atoms with Crippen molar-refractivity contribution in [3.63, 3.8) is 0 Å². The summed E-state index contributed by atoms with van der Waals surface area (Å²) < 4.78 is 12.9. The number of carbonyl (C=O) groups is 1. The average Bonchev–Trinajstić information content (AvgIpc) is 2.13. The summed E-state index contributed by atoms with van der Waals surface area (Å²) in [7, 11) is 0. The minimum absolute atomic E-state index is 0.149. The Bertz CT molecular complexity index is 415. The molecular weight excluding hydrogens is 181 g/mol. The summed E-state index contributed by atoms with van der Waals surface area (Å²) in [6.45, 7) is 1.76. The van der Waals surface area contributed by atoms with Crippen molar-refractivity contribution in [3.8, 4) is 11.8 Å². The van der Waals surface area contributed by atoms with Gasteiger partial charge in [0.2, 0.25) is 0 Å². The molecule has 3 heteroatoms. The van der Waals surface area contributed by atoms with E-state index >= 15 is 0 Å². The highest BCUT2D eigenvalue weighted by atomic mass is 19.1. The van der Waals surface area contributed by atoms with Crippen LogP contribution in [0.25, 0.3) is 0 Å². The van der Waals surface area contributed by atoms with Crippen molar-refractivity contribution in [3.05, 3.63) is 29.1 Å². The summed E-state index contributed by atoms with van der Waals surface area (Å²) in [6.07, 6.45) is 0.848. The number of hydrogen-bond acceptors (Lipinski definition) is 2. The van der Waals surface area contributed by atoms with Crippen LogP contribution in [0.5, 0.6) is 0 Å². The number of nitrogens with two attached hydrogens (primary N) is 1. The maximum Gasteiger partial charge on any atom is 0.131 e. The maximum atomic E-state index is 12.9. The van der Waals surface area contributed by atoms with Gasteiger partial charge in [0, 0.05) is 11.3 Å². The zero-order valence-corrected chi connectivity index (χ0v) is 7.80. The third-order valence-corrected chi connectivity index (χ3v) is 1.82. The molecule has 0 radical (unpaired) electrons. The molecule has 0 fully saturated rings. The number of benzene rings is 1. The highest BCUT2D eigenvalue weighted by Gasteiger charge is 2.01. The van der Waals surface area contributed by atoms with Gasteiger partial charge in [-0.05, 0) is 24.6 Å². The summed E-state index contributed by atoms with van der Waals surface area (Å²) >= 11 is 0. The van der Waals surface area contributed by atoms with Crippen molar-refractivity contribution in [2.75, 3.05) is 5.73 Å². The molecular formula is C11H10FNO. The predicted octanol–water partition coefficient (Wildman–Crippen LogP) is 1.66. The zero-order valence-electron chi connectivity index (χ0n) is 7.80. The molecule has 2 nitrogen and oxygen atoms in total. The highest BCUT2D eigenvalue weighted by Crippen LogP contribution is 2.17. The van der Waals surface area contributed by atoms with Crippen molar-refractivity contribution in [2.24, 2.45) is 0 Å². The molecule has 0 saturated heterocycles. The van der Waals surface area contributed by atoms with Gasteiger partial charge >= 0.3 is 0 Å². The molecule has 0 heterocycles. The van der Waals surface area contributed by atoms with E-state index in [9.17, 15) is 9.18 Å². The Balaban J connectivity index is 3.09. The van der Waals surface area contributed by atoms with E-state index in [0.717, 1.165) is 5.56 Å². The average molecular weight is 191 g/mol. The van der Waals surface area contributed by atoms with E-state index in [-0.39, 0.29) is 6.42 Å². The van der Waals surface area contributed by atoms with Crippen molar-refractivity contribution in [1.29, 1.82) is 0 Å². The summed E-state index contributed by atoms with van der Waals surface area (Å²) in [5.74, 6) is 4.89. The number of aldehydes is 1. The molecule has 2 N–H and O–H groups in total. The lowest BCUT2D eigenvalue weighted by Gasteiger charge is -2.02. The Morgan fingerprint density at radius 3 is 2.93 bits per heavy atom. The monoisotopic (exact) mass is 191 g/mol. The highest BCUT2D eigenvalue weighted by molar-refractivity contribution is 5.58. The molecule has 0 aliphatic rings. The molecule has 0 saturated carbocycles. The third-order valence-electron chi connectivity index (χ3n) is 1.82. The molecule has 0 unspecified atom stereocenters. The molecule has 72 valence electrons. The summed E-state index contributed by atoms with van der Waals surface area (Å²) in [5.41, 5.74) is 7.20. The summed E-state index contributed by atoms with van der Waals surface area (Å²) in [6, 6.07) is 2.56. The van der Waals surface area contributed by atoms with Crippen LogP contribution in [-0.2, 0) is 4.79 Å². The lowest BCUT2D eigenvalue weighted by atomic mass is 10.1. The van der Waals surface area contributed by atoms with Crippen LogP contribution in [0, 0.1) is 24.6 Å². The van der Waals surface area contributed by atoms with Crippen LogP contribution in [0.4, 0.5) is 10.1 Å². The zero-order chi connectivity index (χ0) is 10.6. The van der Waals surface area contributed by atoms with Crippen LogP contribution in [0.1, 0.15) is 17.5 Å². The Kier molecular flexibility index (Phi) is 3.24. The normalized spacial score (nSPS) is 9.00. The first-order valence-corrected chi connectivity index (χ1v) is 4.13. The van der Waals surface area contributed by atoms with Crippen LogP contribution in [-0.4, -0.2) is 6.29 Å². The van der Waals surface area contributed by atoms with Gasteiger partial charge in [0.15, 0.2) is 0 Å². The standard InChI is InChI=1S/C11H10FNO/c1-8-9(4-2-3-5-14)6-10(12)7-11(8)13/h5-7H,3,13H2,1H3. The molecule has 0 bridgehead atoms. The van der Waals surface area contributed by atoms with E-state index in [1.807, 2.05) is 0 Å². The van der Waals surface area contributed by atoms with E-state index in [1.54, 1.807) is 6.92 Å². The second kappa shape index (κ2) is 4.43. The van der Waals surface area contributed by atoms with Crippen LogP contribution in [0.3, 0.4) is 0 Å². The van der Waals surface area contributed by atoms with Gasteiger partial charge in [0.05, 0.1) is 6.42 Å². The molecule has 0 atom stereocenters. The molecule has 0 aliphatic heterocycles. The minimum atomic E-state index is -0.413. The predicted molar refractivity (Wildman–Crippen MR) is 53.1 cm³/mol. The van der Waals surface area contributed by atoms with Gasteiger partial charge in [-0.1, -0.05) is 11.8 Å². The first-order valence-electron chi connectivity index (χ1n) is 4.13. The number of nitrogen functional groups attached to an aromatic ring is 1. The molecule has 1 aromatic rings. The molecule has 14 heavy (non-hydrogen) atoms. The number of rotatable bonds is 1. The minimum Gasteiger partial charge on any atom is -0.398 e. The van der Waals surface area contributed by atoms with Gasteiger partial charge in [-0.2, -0.15) is 0 Å². The van der Waals surface area contributed by atoms with Gasteiger partial charge in [-0.25, -0.2) is 4.39 Å². The fraction of sp³-hybridized carbons (Fsp3) is 0.182. The van der Waals surface area contributed by atoms with Crippen molar-refractivity contribution in [2.45, 2.75) is 13.3 Å². The van der Waals surface area contributed by atoms with Crippen LogP contribution < -0.4 is 5.73 Å². The van der Waals surface area contributed by atoms with E-state index in [1.165, 1.54) is 12.1 Å². The number of hydrogen-bond donors (Lipinski definition) is 1. The first-order chi connectivity index (χ1) is 6.65. The topological polar surface area (TPSA) is 43.1 Å². The quantitative estimate of drug-likeness (QED) is 0.416. The number of anilines is 1. The van der Waals surface area contributed by atoms with Gasteiger partial charge < -0.3 is 10.5 Å². The number of halogens is 1. The third kappa shape index (κ3) is 2.33. The summed E-state index contributed by atoms with van der Waals surface area (Å²) in [5, 5.41) is 0. The first kappa shape index (κ1) is 10.3. The molecule has 0 aromatic heterocycles. The lowest BCUT2D eigenvalue weighted by Crippen LogP contribution is -1.94. The summed E-state index contributed by atoms with van der Waals surface area (Å²) in [4.78, 5) is 10.0. The number of carbonyl (C=O) groups excluding carboxylic acids is 1. The van der Waals surface area contributed by atoms with E-state index in [0.29, 0.717) is 17.5 Å². The van der Waals surface area contributed by atoms with Crippen LogP contribution in [0.2, 0.25) is 0 Å². The Morgan fingerprint density at radius 1 is 1.57 bits per heavy atom. The van der Waals surface area contributed by atoms with Crippen molar-refractivity contribution < 1.29 is 9.18 Å². The molecule has 0 amide bonds. The van der Waals surface area contributed by atoms with Gasteiger partial charge in [-0.15, -0.1) is 0 Å². The molecule has 0 spiro atoms. The fourth-order valence-electron chi connectivity index (χ4n) is 1.02. The SMILES string of the molecule is Cc1c(N)cc(F)cc1C#CCC=O. The molecule has 1 aromatic carbocycles. The van der Waals surface area contributed by atoms with Gasteiger partial charge in [-0.3, -0.25) is 0 Å². The van der Waals surface area contributed by atoms with E-state index in [4.69, 9.17) is 5.73 Å². The van der Waals surface area contributed by atoms with E-state index in [2.05, 4.69) is 11.8 Å². The van der Waals surface area contributed by atoms with Gasteiger partial charge in [0.25, 0.3) is 0 Å². The Morgan fingerprint density at radius 2 is 2.29 bits per heavy atom. The molecule has 0 aliphatic carbocycles. The Labute approximate surface area is 81.9 Å². The Hall–Kier alpha value is -1.82. The fourth-order valence-corrected chi connectivity index (χ4v) is 1.02. The second-order valence-corrected chi connectivity index (χ2v) is 2.84. The molecule has 1 rings (SSSR count). The van der Waals surface area contributed by atoms with Crippen molar-refractivity contribution in [1.82, 2.24) is 0 Å². The smallest absolute Gasteiger partial charge is 0.131 e. The second-order valence-electron chi connectivity index (χ2n) is 2.84. The maximum absolute atomic E-state index is 12.9. The van der Waals surface area contributed by atoms with Gasteiger partial charge in [0.1, 0.15) is 12.1 Å². The van der Waals surface area contributed by atoms with E-state index < -0.39 is 5.82 Å². The largest absolute Gasteiger partial charge is 0.398 e. The lowest BCUT2D eigenvalue weighted by molar-refractivity contribution is -0.107.